The highest BCUT2D eigenvalue weighted by molar-refractivity contribution is 6.29. The van der Waals surface area contributed by atoms with Crippen molar-refractivity contribution in [1.29, 1.82) is 0 Å². The van der Waals surface area contributed by atoms with Crippen LogP contribution >= 0.6 is 11.6 Å². The molecule has 0 radical (unpaired) electrons. The zero-order valence-corrected chi connectivity index (χ0v) is 9.50. The van der Waals surface area contributed by atoms with Crippen molar-refractivity contribution < 1.29 is 4.74 Å². The van der Waals surface area contributed by atoms with Crippen molar-refractivity contribution in [2.24, 2.45) is 0 Å². The van der Waals surface area contributed by atoms with Crippen LogP contribution in [0, 0.1) is 0 Å². The summed E-state index contributed by atoms with van der Waals surface area (Å²) in [6.07, 6.45) is 3.27. The van der Waals surface area contributed by atoms with Gasteiger partial charge in [0.25, 0.3) is 0 Å². The van der Waals surface area contributed by atoms with Gasteiger partial charge in [0.05, 0.1) is 12.2 Å². The van der Waals surface area contributed by atoms with Crippen molar-refractivity contribution in [3.05, 3.63) is 29.0 Å². The SMILES string of the molecule is C[C@H](O[C@H]1CCNC1)c1ccc(Cl)nc1. The van der Waals surface area contributed by atoms with Crippen LogP contribution in [0.25, 0.3) is 0 Å². The number of ether oxygens (including phenoxy) is 1. The molecular formula is C11H15ClN2O. The number of rotatable bonds is 3. The molecule has 15 heavy (non-hydrogen) atoms. The van der Waals surface area contributed by atoms with Crippen LogP contribution < -0.4 is 5.32 Å². The smallest absolute Gasteiger partial charge is 0.129 e. The highest BCUT2D eigenvalue weighted by Gasteiger charge is 2.18. The van der Waals surface area contributed by atoms with Gasteiger partial charge in [0.15, 0.2) is 0 Å². The largest absolute Gasteiger partial charge is 0.369 e. The van der Waals surface area contributed by atoms with Gasteiger partial charge in [0, 0.05) is 12.7 Å². The van der Waals surface area contributed by atoms with E-state index in [0.29, 0.717) is 11.3 Å². The minimum Gasteiger partial charge on any atom is -0.369 e. The Morgan fingerprint density at radius 1 is 1.60 bits per heavy atom. The Morgan fingerprint density at radius 2 is 2.47 bits per heavy atom. The van der Waals surface area contributed by atoms with E-state index in [1.807, 2.05) is 13.0 Å². The fourth-order valence-corrected chi connectivity index (χ4v) is 1.85. The van der Waals surface area contributed by atoms with Crippen LogP contribution in [0.1, 0.15) is 25.0 Å². The van der Waals surface area contributed by atoms with Gasteiger partial charge in [-0.15, -0.1) is 0 Å². The molecule has 3 nitrogen and oxygen atoms in total. The van der Waals surface area contributed by atoms with Crippen LogP contribution in [0.4, 0.5) is 0 Å². The second-order valence-corrected chi connectivity index (χ2v) is 4.19. The van der Waals surface area contributed by atoms with Crippen molar-refractivity contribution in [2.75, 3.05) is 13.1 Å². The van der Waals surface area contributed by atoms with Crippen molar-refractivity contribution in [2.45, 2.75) is 25.6 Å². The van der Waals surface area contributed by atoms with Gasteiger partial charge in [-0.2, -0.15) is 0 Å². The summed E-state index contributed by atoms with van der Waals surface area (Å²) in [6, 6.07) is 3.76. The van der Waals surface area contributed by atoms with E-state index in [2.05, 4.69) is 10.3 Å². The Balaban J connectivity index is 1.94. The van der Waals surface area contributed by atoms with E-state index in [4.69, 9.17) is 16.3 Å². The monoisotopic (exact) mass is 226 g/mol. The molecule has 0 bridgehead atoms. The molecule has 1 aromatic heterocycles. The molecule has 1 fully saturated rings. The van der Waals surface area contributed by atoms with Gasteiger partial charge in [-0.1, -0.05) is 17.7 Å². The Labute approximate surface area is 94.8 Å². The van der Waals surface area contributed by atoms with Gasteiger partial charge in [-0.05, 0) is 31.5 Å². The summed E-state index contributed by atoms with van der Waals surface area (Å²) in [5.41, 5.74) is 1.08. The average Bonchev–Trinajstić information content (AvgIpc) is 2.71. The van der Waals surface area contributed by atoms with Crippen molar-refractivity contribution in [1.82, 2.24) is 10.3 Å². The predicted octanol–water partition coefficient (Wildman–Crippen LogP) is 2.17. The van der Waals surface area contributed by atoms with Crippen LogP contribution in [0.2, 0.25) is 5.15 Å². The molecule has 1 saturated heterocycles. The highest BCUT2D eigenvalue weighted by atomic mass is 35.5. The molecule has 1 aliphatic rings. The molecule has 2 rings (SSSR count). The molecule has 0 spiro atoms. The molecule has 0 saturated carbocycles. The van der Waals surface area contributed by atoms with Gasteiger partial charge in [0.1, 0.15) is 5.15 Å². The molecule has 0 unspecified atom stereocenters. The van der Waals surface area contributed by atoms with E-state index in [0.717, 1.165) is 25.1 Å². The molecule has 1 aromatic rings. The third kappa shape index (κ3) is 2.91. The molecular weight excluding hydrogens is 212 g/mol. The van der Waals surface area contributed by atoms with E-state index in [-0.39, 0.29) is 6.10 Å². The number of halogens is 1. The predicted molar refractivity (Wildman–Crippen MR) is 60.0 cm³/mol. The van der Waals surface area contributed by atoms with E-state index < -0.39 is 0 Å². The topological polar surface area (TPSA) is 34.1 Å². The Hall–Kier alpha value is -0.640. The summed E-state index contributed by atoms with van der Waals surface area (Å²) < 4.78 is 5.89. The molecule has 82 valence electrons. The summed E-state index contributed by atoms with van der Waals surface area (Å²) >= 11 is 5.72. The summed E-state index contributed by atoms with van der Waals surface area (Å²) in [6.45, 7) is 4.05. The van der Waals surface area contributed by atoms with E-state index >= 15 is 0 Å². The Morgan fingerprint density at radius 3 is 3.07 bits per heavy atom. The van der Waals surface area contributed by atoms with Crippen LogP contribution in [0.5, 0.6) is 0 Å². The maximum absolute atomic E-state index is 5.89. The first-order valence-corrected chi connectivity index (χ1v) is 5.61. The lowest BCUT2D eigenvalue weighted by molar-refractivity contribution is 0.00812. The molecule has 2 atom stereocenters. The molecule has 1 aliphatic heterocycles. The highest BCUT2D eigenvalue weighted by Crippen LogP contribution is 2.20. The van der Waals surface area contributed by atoms with E-state index in [1.165, 1.54) is 0 Å². The first-order valence-electron chi connectivity index (χ1n) is 5.23. The van der Waals surface area contributed by atoms with Crippen LogP contribution in [-0.4, -0.2) is 24.2 Å². The number of nitrogens with one attached hydrogen (secondary N) is 1. The zero-order chi connectivity index (χ0) is 10.7. The fourth-order valence-electron chi connectivity index (χ4n) is 1.74. The summed E-state index contributed by atoms with van der Waals surface area (Å²) in [5.74, 6) is 0. The van der Waals surface area contributed by atoms with E-state index in [9.17, 15) is 0 Å². The molecule has 1 N–H and O–H groups in total. The standard InChI is InChI=1S/C11H15ClN2O/c1-8(15-10-4-5-13-7-10)9-2-3-11(12)14-6-9/h2-3,6,8,10,13H,4-5,7H2,1H3/t8-,10-/m0/s1. The van der Waals surface area contributed by atoms with Gasteiger partial charge in [-0.3, -0.25) is 0 Å². The summed E-state index contributed by atoms with van der Waals surface area (Å²) in [7, 11) is 0. The molecule has 2 heterocycles. The molecule has 4 heteroatoms. The lowest BCUT2D eigenvalue weighted by Gasteiger charge is -2.17. The lowest BCUT2D eigenvalue weighted by atomic mass is 10.2. The van der Waals surface area contributed by atoms with Crippen LogP contribution in [0.3, 0.4) is 0 Å². The Bertz CT molecular complexity index is 309. The van der Waals surface area contributed by atoms with Crippen LogP contribution in [-0.2, 0) is 4.74 Å². The number of hydrogen-bond donors (Lipinski definition) is 1. The third-order valence-corrected chi connectivity index (χ3v) is 2.85. The first kappa shape index (κ1) is 10.9. The maximum atomic E-state index is 5.89. The summed E-state index contributed by atoms with van der Waals surface area (Å²) in [4.78, 5) is 4.04. The number of nitrogens with zero attached hydrogens (tertiary/aromatic N) is 1. The first-order chi connectivity index (χ1) is 7.25. The average molecular weight is 227 g/mol. The minimum absolute atomic E-state index is 0.0830. The van der Waals surface area contributed by atoms with Crippen molar-refractivity contribution >= 4 is 11.6 Å². The van der Waals surface area contributed by atoms with Gasteiger partial charge < -0.3 is 10.1 Å². The zero-order valence-electron chi connectivity index (χ0n) is 8.74. The minimum atomic E-state index is 0.0830. The lowest BCUT2D eigenvalue weighted by Crippen LogP contribution is -2.18. The van der Waals surface area contributed by atoms with Crippen LogP contribution in [0.15, 0.2) is 18.3 Å². The second-order valence-electron chi connectivity index (χ2n) is 3.81. The van der Waals surface area contributed by atoms with Gasteiger partial charge in [-0.25, -0.2) is 4.98 Å². The van der Waals surface area contributed by atoms with E-state index in [1.54, 1.807) is 12.3 Å². The van der Waals surface area contributed by atoms with Crippen molar-refractivity contribution in [3.63, 3.8) is 0 Å². The van der Waals surface area contributed by atoms with Gasteiger partial charge in [0.2, 0.25) is 0 Å². The third-order valence-electron chi connectivity index (χ3n) is 2.63. The Kier molecular flexibility index (Phi) is 3.57. The number of pyridine rings is 1. The normalized spacial score (nSPS) is 22.9. The quantitative estimate of drug-likeness (QED) is 0.803. The summed E-state index contributed by atoms with van der Waals surface area (Å²) in [5, 5.41) is 3.80. The molecule has 0 aliphatic carbocycles. The van der Waals surface area contributed by atoms with Crippen molar-refractivity contribution in [3.8, 4) is 0 Å². The number of hydrogen-bond acceptors (Lipinski definition) is 3. The number of aromatic nitrogens is 1. The fraction of sp³-hybridized carbons (Fsp3) is 0.545. The maximum Gasteiger partial charge on any atom is 0.129 e. The van der Waals surface area contributed by atoms with Gasteiger partial charge >= 0.3 is 0 Å². The molecule has 0 amide bonds. The molecule has 0 aromatic carbocycles. The second kappa shape index (κ2) is 4.92.